The summed E-state index contributed by atoms with van der Waals surface area (Å²) in [5.41, 5.74) is 16.5. The summed E-state index contributed by atoms with van der Waals surface area (Å²) >= 11 is 0. The zero-order valence-corrected chi connectivity index (χ0v) is 42.4. The van der Waals surface area contributed by atoms with E-state index >= 15 is 0 Å². The Morgan fingerprint density at radius 2 is 0.942 bits per heavy atom. The standard InChI is InChI=1S/C23H32BN3O7S2.C21H23N5O5S2/c1-22(2)23(3,4)34-24(33-22)17-8-9-20(15(11-17)7-10-21(25)28)16-12-18(26-35(5,29)30)14-19(13-16)27-36(6,31)32;1-32(28,29)25-17-11-16(12-18(13-17)26-33(2,30)31)19-7-5-15(20-4-3-9-23-24-20)10-14(19)6-8-21(22)27/h8-9,11-14,26-27H,7,10H2,1-6H3,(H2,25,28);3-5,7,9-13,25-26H,6,8H2,1-2H3,(H2,22,27). The van der Waals surface area contributed by atoms with Gasteiger partial charge in [0.05, 0.1) is 64.7 Å². The second-order valence-corrected chi connectivity index (χ2v) is 24.5. The van der Waals surface area contributed by atoms with Gasteiger partial charge in [0, 0.05) is 24.6 Å². The lowest BCUT2D eigenvalue weighted by Crippen LogP contribution is -2.41. The first-order chi connectivity index (χ1) is 31.7. The number of aromatic nitrogens is 2. The molecule has 0 radical (unpaired) electrons. The van der Waals surface area contributed by atoms with Crippen LogP contribution in [0.2, 0.25) is 0 Å². The number of nitrogens with one attached hydrogen (secondary N) is 4. The fourth-order valence-corrected chi connectivity index (χ4v) is 9.28. The van der Waals surface area contributed by atoms with Crippen LogP contribution < -0.4 is 35.8 Å². The zero-order chi connectivity index (χ0) is 51.3. The van der Waals surface area contributed by atoms with Gasteiger partial charge in [0.2, 0.25) is 51.9 Å². The highest BCUT2D eigenvalue weighted by Crippen LogP contribution is 2.38. The molecule has 2 heterocycles. The van der Waals surface area contributed by atoms with E-state index in [-0.39, 0.29) is 35.6 Å². The Balaban J connectivity index is 0.000000258. The number of primary amides is 2. The van der Waals surface area contributed by atoms with E-state index in [1.54, 1.807) is 54.7 Å². The van der Waals surface area contributed by atoms with Crippen LogP contribution in [0.25, 0.3) is 33.5 Å². The molecule has 1 aliphatic rings. The summed E-state index contributed by atoms with van der Waals surface area (Å²) in [5, 5.41) is 7.98. The van der Waals surface area contributed by atoms with Crippen LogP contribution in [0.5, 0.6) is 0 Å². The number of amides is 2. The quantitative estimate of drug-likeness (QED) is 0.0681. The highest BCUT2D eigenvalue weighted by molar-refractivity contribution is 7.92. The first-order valence-corrected chi connectivity index (χ1v) is 28.5. The van der Waals surface area contributed by atoms with Crippen molar-refractivity contribution in [2.24, 2.45) is 11.5 Å². The van der Waals surface area contributed by atoms with Crippen LogP contribution in [0.1, 0.15) is 51.7 Å². The summed E-state index contributed by atoms with van der Waals surface area (Å²) < 4.78 is 116. The fraction of sp³-hybridized carbons (Fsp3) is 0.318. The lowest BCUT2D eigenvalue weighted by Gasteiger charge is -2.32. The van der Waals surface area contributed by atoms with Gasteiger partial charge >= 0.3 is 7.12 Å². The van der Waals surface area contributed by atoms with Crippen molar-refractivity contribution < 1.29 is 52.6 Å². The Morgan fingerprint density at radius 1 is 0.551 bits per heavy atom. The maximum absolute atomic E-state index is 11.9. The molecule has 0 bridgehead atoms. The third-order valence-electron chi connectivity index (χ3n) is 10.6. The summed E-state index contributed by atoms with van der Waals surface area (Å²) in [6.45, 7) is 7.80. The predicted molar refractivity (Wildman–Crippen MR) is 269 cm³/mol. The van der Waals surface area contributed by atoms with Gasteiger partial charge in [-0.25, -0.2) is 33.7 Å². The number of nitrogens with zero attached hydrogens (tertiary/aromatic N) is 2. The molecule has 25 heteroatoms. The van der Waals surface area contributed by atoms with Crippen molar-refractivity contribution in [2.75, 3.05) is 43.9 Å². The number of aryl methyl sites for hydroxylation is 2. The van der Waals surface area contributed by atoms with Gasteiger partial charge in [0.15, 0.2) is 0 Å². The number of rotatable bonds is 18. The van der Waals surface area contributed by atoms with Gasteiger partial charge in [-0.3, -0.25) is 28.5 Å². The largest absolute Gasteiger partial charge is 0.494 e. The average molecular weight is 1030 g/mol. The highest BCUT2D eigenvalue weighted by Gasteiger charge is 2.51. The number of anilines is 4. The summed E-state index contributed by atoms with van der Waals surface area (Å²) in [4.78, 5) is 23.0. The van der Waals surface area contributed by atoms with Crippen LogP contribution in [0, 0.1) is 0 Å². The molecular weight excluding hydrogens is 972 g/mol. The van der Waals surface area contributed by atoms with E-state index in [1.807, 2.05) is 52.0 Å². The molecule has 6 rings (SSSR count). The molecule has 1 aromatic heterocycles. The second kappa shape index (κ2) is 20.9. The minimum Gasteiger partial charge on any atom is -0.399 e. The van der Waals surface area contributed by atoms with E-state index in [1.165, 1.54) is 12.1 Å². The van der Waals surface area contributed by atoms with Crippen LogP contribution in [0.15, 0.2) is 91.1 Å². The van der Waals surface area contributed by atoms with E-state index in [0.717, 1.165) is 47.2 Å². The molecule has 0 aliphatic carbocycles. The van der Waals surface area contributed by atoms with Gasteiger partial charge in [-0.05, 0) is 134 Å². The molecule has 69 heavy (non-hydrogen) atoms. The van der Waals surface area contributed by atoms with Crippen molar-refractivity contribution in [1.82, 2.24) is 10.2 Å². The number of hydrogen-bond acceptors (Lipinski definition) is 14. The van der Waals surface area contributed by atoms with Crippen LogP contribution in [0.3, 0.4) is 0 Å². The number of sulfonamides is 4. The molecule has 1 aliphatic heterocycles. The third-order valence-corrected chi connectivity index (χ3v) is 13.0. The molecule has 370 valence electrons. The third kappa shape index (κ3) is 16.2. The Morgan fingerprint density at radius 3 is 1.30 bits per heavy atom. The van der Waals surface area contributed by atoms with Gasteiger partial charge in [-0.15, -0.1) is 0 Å². The van der Waals surface area contributed by atoms with E-state index in [4.69, 9.17) is 20.8 Å². The average Bonchev–Trinajstić information content (AvgIpc) is 3.42. The lowest BCUT2D eigenvalue weighted by atomic mass is 9.76. The summed E-state index contributed by atoms with van der Waals surface area (Å²) in [6, 6.07) is 23.6. The van der Waals surface area contributed by atoms with E-state index in [2.05, 4.69) is 29.1 Å². The number of hydrogen-bond donors (Lipinski definition) is 6. The first kappa shape index (κ1) is 53.8. The van der Waals surface area contributed by atoms with Crippen LogP contribution in [-0.4, -0.2) is 99.0 Å². The van der Waals surface area contributed by atoms with Crippen molar-refractivity contribution in [3.63, 3.8) is 0 Å². The minimum atomic E-state index is -3.63. The van der Waals surface area contributed by atoms with Gasteiger partial charge in [-0.2, -0.15) is 10.2 Å². The molecule has 0 unspecified atom stereocenters. The van der Waals surface area contributed by atoms with Gasteiger partial charge in [0.25, 0.3) is 0 Å². The summed E-state index contributed by atoms with van der Waals surface area (Å²) in [5.74, 6) is -0.952. The van der Waals surface area contributed by atoms with Gasteiger partial charge in [-0.1, -0.05) is 30.3 Å². The number of carbonyl (C=O) groups excluding carboxylic acids is 2. The summed E-state index contributed by atoms with van der Waals surface area (Å²) in [6.07, 6.45) is 6.34. The normalized spacial score (nSPS) is 14.5. The summed E-state index contributed by atoms with van der Waals surface area (Å²) in [7, 11) is -15.1. The lowest BCUT2D eigenvalue weighted by molar-refractivity contribution is -0.118. The van der Waals surface area contributed by atoms with Crippen molar-refractivity contribution in [3.8, 4) is 33.5 Å². The van der Waals surface area contributed by atoms with E-state index < -0.39 is 70.2 Å². The molecule has 4 aromatic carbocycles. The van der Waals surface area contributed by atoms with Crippen molar-refractivity contribution >= 4 is 87.2 Å². The molecule has 0 atom stereocenters. The molecule has 0 saturated carbocycles. The molecule has 0 spiro atoms. The van der Waals surface area contributed by atoms with Gasteiger partial charge < -0.3 is 20.8 Å². The molecule has 8 N–H and O–H groups in total. The number of carbonyl (C=O) groups is 2. The van der Waals surface area contributed by atoms with Crippen molar-refractivity contribution in [1.29, 1.82) is 0 Å². The molecule has 5 aromatic rings. The number of nitrogens with two attached hydrogens (primary N) is 2. The maximum Gasteiger partial charge on any atom is 0.494 e. The first-order valence-electron chi connectivity index (χ1n) is 20.9. The SMILES string of the molecule is CC1(C)OB(c2ccc(-c3cc(NS(C)(=O)=O)cc(NS(C)(=O)=O)c3)c(CCC(N)=O)c2)OC1(C)C.CS(=O)(=O)Nc1cc(NS(C)(=O)=O)cc(-c2ccc(-c3cccnn3)cc2CCC(N)=O)c1. The van der Waals surface area contributed by atoms with E-state index in [9.17, 15) is 43.3 Å². The molecule has 2 amide bonds. The Labute approximate surface area is 403 Å². The Bertz CT molecular complexity index is 3090. The van der Waals surface area contributed by atoms with Crippen molar-refractivity contribution in [2.45, 2.75) is 64.6 Å². The molecule has 20 nitrogen and oxygen atoms in total. The zero-order valence-electron chi connectivity index (χ0n) is 39.1. The highest BCUT2D eigenvalue weighted by atomic mass is 32.2. The van der Waals surface area contributed by atoms with Crippen molar-refractivity contribution in [3.05, 3.63) is 102 Å². The molecular formula is C44H55BN8O12S4. The Hall–Kier alpha value is -6.12. The smallest absolute Gasteiger partial charge is 0.399 e. The molecule has 1 saturated heterocycles. The number of benzene rings is 4. The second-order valence-electron chi connectivity index (χ2n) is 17.5. The van der Waals surface area contributed by atoms with Crippen LogP contribution >= 0.6 is 0 Å². The predicted octanol–water partition coefficient (Wildman–Crippen LogP) is 3.79. The van der Waals surface area contributed by atoms with Crippen LogP contribution in [0.4, 0.5) is 22.7 Å². The van der Waals surface area contributed by atoms with Crippen LogP contribution in [-0.2, 0) is 71.8 Å². The van der Waals surface area contributed by atoms with E-state index in [0.29, 0.717) is 40.8 Å². The monoisotopic (exact) mass is 1030 g/mol. The molecule has 1 fully saturated rings. The fourth-order valence-electron chi connectivity index (χ4n) is 7.10. The topological polar surface area (TPSA) is 315 Å². The minimum absolute atomic E-state index is 0.0789. The van der Waals surface area contributed by atoms with Gasteiger partial charge in [0.1, 0.15) is 0 Å². The maximum atomic E-state index is 11.9. The Kier molecular flexibility index (Phi) is 16.3.